The minimum atomic E-state index is -0.671. The molecule has 0 radical (unpaired) electrons. The minimum absolute atomic E-state index is 0.308. The zero-order valence-corrected chi connectivity index (χ0v) is 11.6. The van der Waals surface area contributed by atoms with E-state index >= 15 is 0 Å². The van der Waals surface area contributed by atoms with E-state index in [1.54, 1.807) is 0 Å². The van der Waals surface area contributed by atoms with Crippen molar-refractivity contribution in [3.05, 3.63) is 35.4 Å². The van der Waals surface area contributed by atoms with E-state index in [0.29, 0.717) is 12.3 Å². The molecule has 1 unspecified atom stereocenters. The molecule has 1 aliphatic heterocycles. The number of hydrogen-bond donors (Lipinski definition) is 1. The molecule has 0 aromatic heterocycles. The second kappa shape index (κ2) is 6.71. The maximum absolute atomic E-state index is 10.6. The van der Waals surface area contributed by atoms with Gasteiger partial charge in [-0.15, -0.1) is 0 Å². The molecule has 19 heavy (non-hydrogen) atoms. The molecule has 104 valence electrons. The number of carboxylic acid groups (broad SMARTS) is 1. The highest BCUT2D eigenvalue weighted by atomic mass is 16.4. The molecule has 0 amide bonds. The van der Waals surface area contributed by atoms with Crippen LogP contribution in [0.3, 0.4) is 0 Å². The molecule has 3 heteroatoms. The van der Waals surface area contributed by atoms with Crippen molar-refractivity contribution in [2.75, 3.05) is 13.1 Å². The van der Waals surface area contributed by atoms with Gasteiger partial charge in [0.05, 0.1) is 0 Å². The largest absolute Gasteiger partial charge is 0.481 e. The Hall–Kier alpha value is -1.35. The van der Waals surface area contributed by atoms with Crippen LogP contribution in [-0.4, -0.2) is 29.1 Å². The zero-order valence-electron chi connectivity index (χ0n) is 11.6. The zero-order chi connectivity index (χ0) is 13.7. The minimum Gasteiger partial charge on any atom is -0.481 e. The first-order valence-electron chi connectivity index (χ1n) is 7.13. The molecule has 3 nitrogen and oxygen atoms in total. The molecule has 0 aliphatic carbocycles. The van der Waals surface area contributed by atoms with E-state index in [-0.39, 0.29) is 0 Å². The third-order valence-corrected chi connectivity index (χ3v) is 3.86. The highest BCUT2D eigenvalue weighted by molar-refractivity contribution is 5.66. The van der Waals surface area contributed by atoms with Crippen molar-refractivity contribution in [1.29, 1.82) is 0 Å². The third kappa shape index (κ3) is 4.67. The first kappa shape index (κ1) is 14.1. The van der Waals surface area contributed by atoms with Crippen molar-refractivity contribution in [2.45, 2.75) is 39.2 Å². The Bertz CT molecular complexity index is 431. The summed E-state index contributed by atoms with van der Waals surface area (Å²) in [7, 11) is 0. The average Bonchev–Trinajstić information content (AvgIpc) is 2.37. The van der Waals surface area contributed by atoms with Gasteiger partial charge >= 0.3 is 5.97 Å². The first-order valence-corrected chi connectivity index (χ1v) is 7.13. The van der Waals surface area contributed by atoms with Gasteiger partial charge in [0.1, 0.15) is 0 Å². The molecule has 1 aliphatic rings. The van der Waals surface area contributed by atoms with Crippen molar-refractivity contribution in [2.24, 2.45) is 5.92 Å². The predicted octanol–water partition coefficient (Wildman–Crippen LogP) is 3.07. The number of aliphatic carboxylic acids is 1. The second-order valence-corrected chi connectivity index (χ2v) is 5.66. The number of likely N-dealkylation sites (tertiary alicyclic amines) is 1. The molecule has 0 spiro atoms. The van der Waals surface area contributed by atoms with E-state index in [4.69, 9.17) is 5.11 Å². The van der Waals surface area contributed by atoms with Gasteiger partial charge in [0, 0.05) is 19.5 Å². The number of carbonyl (C=O) groups is 1. The van der Waals surface area contributed by atoms with Gasteiger partial charge in [-0.25, -0.2) is 0 Å². The van der Waals surface area contributed by atoms with E-state index in [9.17, 15) is 4.79 Å². The van der Waals surface area contributed by atoms with Gasteiger partial charge in [0.15, 0.2) is 0 Å². The summed E-state index contributed by atoms with van der Waals surface area (Å²) in [6.45, 7) is 5.29. The molecule has 2 rings (SSSR count). The third-order valence-electron chi connectivity index (χ3n) is 3.86. The molecule has 0 bridgehead atoms. The lowest BCUT2D eigenvalue weighted by atomic mass is 9.93. The van der Waals surface area contributed by atoms with E-state index in [1.165, 1.54) is 24.0 Å². The number of piperidine rings is 1. The topological polar surface area (TPSA) is 40.5 Å². The van der Waals surface area contributed by atoms with Crippen LogP contribution < -0.4 is 0 Å². The van der Waals surface area contributed by atoms with Crippen LogP contribution in [0.25, 0.3) is 0 Å². The van der Waals surface area contributed by atoms with E-state index in [0.717, 1.165) is 26.1 Å². The number of hydrogen-bond acceptors (Lipinski definition) is 2. The Morgan fingerprint density at radius 2 is 2.32 bits per heavy atom. The molecule has 1 N–H and O–H groups in total. The summed E-state index contributed by atoms with van der Waals surface area (Å²) >= 11 is 0. The lowest BCUT2D eigenvalue weighted by Gasteiger charge is -2.32. The molecular weight excluding hydrogens is 238 g/mol. The SMILES string of the molecule is Cc1cccc(CN2CCCC(CCC(=O)O)C2)c1. The summed E-state index contributed by atoms with van der Waals surface area (Å²) in [5, 5.41) is 8.76. The highest BCUT2D eigenvalue weighted by Gasteiger charge is 2.20. The van der Waals surface area contributed by atoms with Crippen molar-refractivity contribution >= 4 is 5.97 Å². The summed E-state index contributed by atoms with van der Waals surface area (Å²) in [6.07, 6.45) is 3.50. The van der Waals surface area contributed by atoms with Crippen LogP contribution in [0.15, 0.2) is 24.3 Å². The van der Waals surface area contributed by atoms with Crippen LogP contribution in [0.4, 0.5) is 0 Å². The van der Waals surface area contributed by atoms with Gasteiger partial charge in [-0.2, -0.15) is 0 Å². The van der Waals surface area contributed by atoms with Crippen LogP contribution in [-0.2, 0) is 11.3 Å². The maximum atomic E-state index is 10.6. The number of aryl methyl sites for hydroxylation is 1. The van der Waals surface area contributed by atoms with Gasteiger partial charge in [-0.3, -0.25) is 9.69 Å². The van der Waals surface area contributed by atoms with Crippen LogP contribution in [0.5, 0.6) is 0 Å². The monoisotopic (exact) mass is 261 g/mol. The molecule has 1 aromatic rings. The van der Waals surface area contributed by atoms with Gasteiger partial charge in [0.25, 0.3) is 0 Å². The fraction of sp³-hybridized carbons (Fsp3) is 0.562. The van der Waals surface area contributed by atoms with Crippen LogP contribution in [0.2, 0.25) is 0 Å². The van der Waals surface area contributed by atoms with Gasteiger partial charge in [0.2, 0.25) is 0 Å². The smallest absolute Gasteiger partial charge is 0.303 e. The van der Waals surface area contributed by atoms with Crippen molar-refractivity contribution in [3.63, 3.8) is 0 Å². The number of carboxylic acids is 1. The Morgan fingerprint density at radius 3 is 3.05 bits per heavy atom. The second-order valence-electron chi connectivity index (χ2n) is 5.66. The molecule has 1 atom stereocenters. The maximum Gasteiger partial charge on any atom is 0.303 e. The molecule has 1 aromatic carbocycles. The van der Waals surface area contributed by atoms with Crippen molar-refractivity contribution in [3.8, 4) is 0 Å². The molecule has 1 heterocycles. The Morgan fingerprint density at radius 1 is 1.47 bits per heavy atom. The quantitative estimate of drug-likeness (QED) is 0.885. The number of rotatable bonds is 5. The van der Waals surface area contributed by atoms with E-state index < -0.39 is 5.97 Å². The molecular formula is C16H23NO2. The lowest BCUT2D eigenvalue weighted by Crippen LogP contribution is -2.35. The fourth-order valence-corrected chi connectivity index (χ4v) is 2.93. The lowest BCUT2D eigenvalue weighted by molar-refractivity contribution is -0.137. The van der Waals surface area contributed by atoms with Crippen LogP contribution in [0, 0.1) is 12.8 Å². The standard InChI is InChI=1S/C16H23NO2/c1-13-4-2-5-15(10-13)12-17-9-3-6-14(11-17)7-8-16(18)19/h2,4-5,10,14H,3,6-9,11-12H2,1H3,(H,18,19). The van der Waals surface area contributed by atoms with Crippen molar-refractivity contribution in [1.82, 2.24) is 4.90 Å². The Labute approximate surface area is 115 Å². The predicted molar refractivity (Wildman–Crippen MR) is 76.0 cm³/mol. The Balaban J connectivity index is 1.85. The van der Waals surface area contributed by atoms with Gasteiger partial charge < -0.3 is 5.11 Å². The summed E-state index contributed by atoms with van der Waals surface area (Å²) in [5.74, 6) is -0.120. The summed E-state index contributed by atoms with van der Waals surface area (Å²) < 4.78 is 0. The van der Waals surface area contributed by atoms with Gasteiger partial charge in [-0.05, 0) is 44.2 Å². The molecule has 0 saturated carbocycles. The normalized spacial score (nSPS) is 20.4. The molecule has 1 saturated heterocycles. The van der Waals surface area contributed by atoms with E-state index in [1.807, 2.05) is 0 Å². The summed E-state index contributed by atoms with van der Waals surface area (Å²) in [6, 6.07) is 8.64. The first-order chi connectivity index (χ1) is 9.13. The summed E-state index contributed by atoms with van der Waals surface area (Å²) in [5.41, 5.74) is 2.66. The number of nitrogens with zero attached hydrogens (tertiary/aromatic N) is 1. The van der Waals surface area contributed by atoms with Crippen LogP contribution >= 0.6 is 0 Å². The van der Waals surface area contributed by atoms with Crippen molar-refractivity contribution < 1.29 is 9.90 Å². The summed E-state index contributed by atoms with van der Waals surface area (Å²) in [4.78, 5) is 13.1. The number of benzene rings is 1. The highest BCUT2D eigenvalue weighted by Crippen LogP contribution is 2.22. The van der Waals surface area contributed by atoms with E-state index in [2.05, 4.69) is 36.1 Å². The molecule has 1 fully saturated rings. The van der Waals surface area contributed by atoms with Crippen LogP contribution in [0.1, 0.15) is 36.8 Å². The Kier molecular flexibility index (Phi) is 4.97. The van der Waals surface area contributed by atoms with Gasteiger partial charge in [-0.1, -0.05) is 29.8 Å². The average molecular weight is 261 g/mol. The fourth-order valence-electron chi connectivity index (χ4n) is 2.93.